The molecule has 5 nitrogen and oxygen atoms in total. The molecule has 5 heteroatoms. The first-order valence-electron chi connectivity index (χ1n) is 8.91. The molecule has 27 heavy (non-hydrogen) atoms. The van der Waals surface area contributed by atoms with E-state index in [4.69, 9.17) is 0 Å². The van der Waals surface area contributed by atoms with Crippen LogP contribution in [0.2, 0.25) is 0 Å². The third kappa shape index (κ3) is 4.50. The van der Waals surface area contributed by atoms with Crippen LogP contribution in [0.15, 0.2) is 60.8 Å². The van der Waals surface area contributed by atoms with Crippen LogP contribution in [0.1, 0.15) is 42.4 Å². The summed E-state index contributed by atoms with van der Waals surface area (Å²) in [7, 11) is 0. The van der Waals surface area contributed by atoms with Crippen LogP contribution >= 0.6 is 0 Å². The highest BCUT2D eigenvalue weighted by Gasteiger charge is 2.18. The Morgan fingerprint density at radius 3 is 2.30 bits per heavy atom. The van der Waals surface area contributed by atoms with Gasteiger partial charge in [0, 0.05) is 17.6 Å². The van der Waals surface area contributed by atoms with Crippen molar-refractivity contribution >= 4 is 23.2 Å². The fraction of sp³-hybridized carbons (Fsp3) is 0.227. The molecule has 0 atom stereocenters. The van der Waals surface area contributed by atoms with Crippen molar-refractivity contribution in [2.45, 2.75) is 33.1 Å². The van der Waals surface area contributed by atoms with E-state index in [0.717, 1.165) is 22.5 Å². The summed E-state index contributed by atoms with van der Waals surface area (Å²) in [4.78, 5) is 21.2. The number of hydrogen-bond donors (Lipinski definition) is 2. The molecular formula is C22H24N4O. The van der Waals surface area contributed by atoms with Gasteiger partial charge in [0.05, 0.1) is 0 Å². The van der Waals surface area contributed by atoms with Gasteiger partial charge in [-0.1, -0.05) is 57.2 Å². The summed E-state index contributed by atoms with van der Waals surface area (Å²) in [6.07, 6.45) is 1.59. The first-order chi connectivity index (χ1) is 12.8. The molecule has 0 bridgehead atoms. The topological polar surface area (TPSA) is 66.9 Å². The molecule has 0 saturated heterocycles. The highest BCUT2D eigenvalue weighted by molar-refractivity contribution is 6.03. The number of carbonyl (C=O) groups is 1. The lowest BCUT2D eigenvalue weighted by atomic mass is 9.86. The molecule has 138 valence electrons. The van der Waals surface area contributed by atoms with E-state index in [9.17, 15) is 4.79 Å². The zero-order chi connectivity index (χ0) is 19.4. The first kappa shape index (κ1) is 18.6. The molecule has 0 saturated carbocycles. The number of nitrogens with zero attached hydrogens (tertiary/aromatic N) is 2. The Labute approximate surface area is 159 Å². The molecule has 0 radical (unpaired) electrons. The summed E-state index contributed by atoms with van der Waals surface area (Å²) in [5, 5.41) is 6.14. The van der Waals surface area contributed by atoms with Crippen LogP contribution in [0.3, 0.4) is 0 Å². The third-order valence-corrected chi connectivity index (χ3v) is 4.26. The van der Waals surface area contributed by atoms with Gasteiger partial charge in [-0.3, -0.25) is 4.79 Å². The van der Waals surface area contributed by atoms with Crippen LogP contribution in [0, 0.1) is 6.92 Å². The zero-order valence-corrected chi connectivity index (χ0v) is 16.1. The molecular weight excluding hydrogens is 336 g/mol. The number of para-hydroxylation sites is 2. The largest absolute Gasteiger partial charge is 0.324 e. The third-order valence-electron chi connectivity index (χ3n) is 4.26. The maximum Gasteiger partial charge on any atom is 0.274 e. The van der Waals surface area contributed by atoms with Crippen LogP contribution in [-0.4, -0.2) is 15.9 Å². The van der Waals surface area contributed by atoms with Gasteiger partial charge in [-0.2, -0.15) is 0 Å². The van der Waals surface area contributed by atoms with E-state index < -0.39 is 0 Å². The number of aromatic nitrogens is 2. The number of anilines is 3. The lowest BCUT2D eigenvalue weighted by Crippen LogP contribution is -2.16. The van der Waals surface area contributed by atoms with Gasteiger partial charge >= 0.3 is 0 Å². The molecule has 2 N–H and O–H groups in total. The van der Waals surface area contributed by atoms with E-state index in [1.165, 1.54) is 0 Å². The first-order valence-corrected chi connectivity index (χ1v) is 8.91. The predicted molar refractivity (Wildman–Crippen MR) is 110 cm³/mol. The predicted octanol–water partition coefficient (Wildman–Crippen LogP) is 5.08. The van der Waals surface area contributed by atoms with E-state index in [1.54, 1.807) is 12.3 Å². The Bertz CT molecular complexity index is 960. The lowest BCUT2D eigenvalue weighted by molar-refractivity contribution is 0.102. The van der Waals surface area contributed by atoms with Gasteiger partial charge in [-0.15, -0.1) is 0 Å². The maximum atomic E-state index is 12.6. The summed E-state index contributed by atoms with van der Waals surface area (Å²) < 4.78 is 0. The van der Waals surface area contributed by atoms with E-state index in [0.29, 0.717) is 11.6 Å². The second-order valence-corrected chi connectivity index (χ2v) is 7.46. The smallest absolute Gasteiger partial charge is 0.274 e. The molecule has 3 rings (SSSR count). The summed E-state index contributed by atoms with van der Waals surface area (Å²) in [6.45, 7) is 8.41. The SMILES string of the molecule is Cc1ccccc1NC(=O)c1ccnc(Nc2ccccc2C(C)(C)C)n1. The average Bonchev–Trinajstić information content (AvgIpc) is 2.63. The summed E-state index contributed by atoms with van der Waals surface area (Å²) in [5.74, 6) is 0.128. The number of nitrogens with one attached hydrogen (secondary N) is 2. The van der Waals surface area contributed by atoms with Gasteiger partial charge in [-0.25, -0.2) is 9.97 Å². The summed E-state index contributed by atoms with van der Waals surface area (Å²) >= 11 is 0. The van der Waals surface area contributed by atoms with Crippen LogP contribution in [0.4, 0.5) is 17.3 Å². The second-order valence-electron chi connectivity index (χ2n) is 7.46. The minimum atomic E-state index is -0.265. The van der Waals surface area contributed by atoms with Crippen molar-refractivity contribution in [3.63, 3.8) is 0 Å². The summed E-state index contributed by atoms with van der Waals surface area (Å²) in [5.41, 5.74) is 4.14. The molecule has 1 amide bonds. The highest BCUT2D eigenvalue weighted by atomic mass is 16.1. The number of aryl methyl sites for hydroxylation is 1. The van der Waals surface area contributed by atoms with E-state index in [2.05, 4.69) is 47.4 Å². The van der Waals surface area contributed by atoms with Crippen molar-refractivity contribution in [1.29, 1.82) is 0 Å². The van der Waals surface area contributed by atoms with E-state index in [-0.39, 0.29) is 11.3 Å². The molecule has 0 fully saturated rings. The molecule has 1 aromatic heterocycles. The summed E-state index contributed by atoms with van der Waals surface area (Å²) in [6, 6.07) is 17.3. The van der Waals surface area contributed by atoms with Gasteiger partial charge in [0.15, 0.2) is 0 Å². The minimum absolute atomic E-state index is 0.0244. The molecule has 1 heterocycles. The van der Waals surface area contributed by atoms with Crippen molar-refractivity contribution in [2.75, 3.05) is 10.6 Å². The Hall–Kier alpha value is -3.21. The molecule has 0 aliphatic rings. The van der Waals surface area contributed by atoms with Crippen LogP contribution in [-0.2, 0) is 5.41 Å². The fourth-order valence-electron chi connectivity index (χ4n) is 2.81. The van der Waals surface area contributed by atoms with Gasteiger partial charge in [-0.05, 0) is 41.7 Å². The Morgan fingerprint density at radius 2 is 1.59 bits per heavy atom. The Balaban J connectivity index is 1.83. The minimum Gasteiger partial charge on any atom is -0.324 e. The normalized spacial score (nSPS) is 11.1. The average molecular weight is 360 g/mol. The molecule has 0 unspecified atom stereocenters. The lowest BCUT2D eigenvalue weighted by Gasteiger charge is -2.23. The van der Waals surface area contributed by atoms with Crippen LogP contribution < -0.4 is 10.6 Å². The number of rotatable bonds is 4. The Kier molecular flexibility index (Phi) is 5.21. The molecule has 2 aromatic carbocycles. The maximum absolute atomic E-state index is 12.6. The zero-order valence-electron chi connectivity index (χ0n) is 16.1. The van der Waals surface area contributed by atoms with E-state index >= 15 is 0 Å². The number of hydrogen-bond acceptors (Lipinski definition) is 4. The molecule has 3 aromatic rings. The van der Waals surface area contributed by atoms with Crippen LogP contribution in [0.5, 0.6) is 0 Å². The standard InChI is InChI=1S/C22H24N4O/c1-15-9-5-7-11-17(15)24-20(27)19-13-14-23-21(26-19)25-18-12-8-6-10-16(18)22(2,3)4/h5-14H,1-4H3,(H,24,27)(H,23,25,26). The van der Waals surface area contributed by atoms with E-state index in [1.807, 2.05) is 49.4 Å². The number of benzene rings is 2. The van der Waals surface area contributed by atoms with Gasteiger partial charge < -0.3 is 10.6 Å². The fourth-order valence-corrected chi connectivity index (χ4v) is 2.81. The molecule has 0 aliphatic heterocycles. The van der Waals surface area contributed by atoms with Crippen molar-refractivity contribution in [3.8, 4) is 0 Å². The van der Waals surface area contributed by atoms with Crippen molar-refractivity contribution < 1.29 is 4.79 Å². The van der Waals surface area contributed by atoms with Crippen molar-refractivity contribution in [2.24, 2.45) is 0 Å². The monoisotopic (exact) mass is 360 g/mol. The Morgan fingerprint density at radius 1 is 0.926 bits per heavy atom. The highest BCUT2D eigenvalue weighted by Crippen LogP contribution is 2.30. The molecule has 0 spiro atoms. The second kappa shape index (κ2) is 7.58. The molecule has 0 aliphatic carbocycles. The van der Waals surface area contributed by atoms with Crippen LogP contribution in [0.25, 0.3) is 0 Å². The van der Waals surface area contributed by atoms with Gasteiger partial charge in [0.25, 0.3) is 5.91 Å². The van der Waals surface area contributed by atoms with Gasteiger partial charge in [0.1, 0.15) is 5.69 Å². The number of carbonyl (C=O) groups excluding carboxylic acids is 1. The van der Waals surface area contributed by atoms with Crippen molar-refractivity contribution in [3.05, 3.63) is 77.6 Å². The van der Waals surface area contributed by atoms with Gasteiger partial charge in [0.2, 0.25) is 5.95 Å². The van der Waals surface area contributed by atoms with Crippen molar-refractivity contribution in [1.82, 2.24) is 9.97 Å². The quantitative estimate of drug-likeness (QED) is 0.681. The number of amides is 1.